The fraction of sp³-hybridized carbons (Fsp3) is 0.214. The van der Waals surface area contributed by atoms with E-state index in [4.69, 9.17) is 27.7 Å². The van der Waals surface area contributed by atoms with Crippen LogP contribution in [0.5, 0.6) is 0 Å². The maximum atomic E-state index is 13.4. The number of carbonyl (C=O) groups excluding carboxylic acids is 1. The van der Waals surface area contributed by atoms with Crippen LogP contribution in [0.3, 0.4) is 0 Å². The quantitative estimate of drug-likeness (QED) is 0.224. The van der Waals surface area contributed by atoms with Crippen LogP contribution < -0.4 is 15.4 Å². The van der Waals surface area contributed by atoms with Crippen LogP contribution in [0.2, 0.25) is 10.0 Å². The molecular weight excluding hydrogens is 623 g/mol. The van der Waals surface area contributed by atoms with Crippen molar-refractivity contribution in [3.05, 3.63) is 87.1 Å². The summed E-state index contributed by atoms with van der Waals surface area (Å²) in [5.74, 6) is -0.120. The molecule has 1 aromatic heterocycles. The van der Waals surface area contributed by atoms with Gasteiger partial charge in [-0.15, -0.1) is 0 Å². The molecule has 1 saturated carbocycles. The number of fused-ring (bicyclic) bond motifs is 2. The molecule has 14 heteroatoms. The molecule has 4 aromatic rings. The molecule has 0 unspecified atom stereocenters. The Balaban J connectivity index is 1.30. The monoisotopic (exact) mass is 646 g/mol. The van der Waals surface area contributed by atoms with E-state index < -0.39 is 25.8 Å². The highest BCUT2D eigenvalue weighted by atomic mass is 35.5. The van der Waals surface area contributed by atoms with Gasteiger partial charge in [0.1, 0.15) is 11.5 Å². The first-order valence-electron chi connectivity index (χ1n) is 12.9. The SMILES string of the molecule is CS(=O)(=O)NC(=O)c1ccc2c(c1)Nc1ccc(NCc3c(-c4c(Cl)cccc4Cl)noc3C3CC3)cc1S(=O)(=O)C2. The zero-order chi connectivity index (χ0) is 29.8. The third-order valence-electron chi connectivity index (χ3n) is 7.02. The molecule has 3 aromatic carbocycles. The van der Waals surface area contributed by atoms with Crippen molar-refractivity contribution in [1.29, 1.82) is 0 Å². The summed E-state index contributed by atoms with van der Waals surface area (Å²) in [6.07, 6.45) is 2.85. The summed E-state index contributed by atoms with van der Waals surface area (Å²) in [5, 5.41) is 11.6. The molecule has 2 heterocycles. The number of sulfonamides is 1. The van der Waals surface area contributed by atoms with E-state index in [9.17, 15) is 21.6 Å². The van der Waals surface area contributed by atoms with Gasteiger partial charge in [0.05, 0.1) is 32.6 Å². The number of anilines is 3. The first kappa shape index (κ1) is 28.5. The highest BCUT2D eigenvalue weighted by Crippen LogP contribution is 2.46. The van der Waals surface area contributed by atoms with Crippen molar-refractivity contribution < 1.29 is 26.2 Å². The Labute approximate surface area is 252 Å². The van der Waals surface area contributed by atoms with Crippen LogP contribution in [0.15, 0.2) is 64.0 Å². The Morgan fingerprint density at radius 2 is 1.81 bits per heavy atom. The highest BCUT2D eigenvalue weighted by Gasteiger charge is 2.33. The maximum absolute atomic E-state index is 13.4. The van der Waals surface area contributed by atoms with Crippen LogP contribution in [0.4, 0.5) is 17.1 Å². The molecule has 1 aliphatic carbocycles. The molecule has 2 aliphatic rings. The number of sulfone groups is 1. The summed E-state index contributed by atoms with van der Waals surface area (Å²) in [4.78, 5) is 12.4. The summed E-state index contributed by atoms with van der Waals surface area (Å²) in [6.45, 7) is 0.289. The number of nitrogens with zero attached hydrogens (tertiary/aromatic N) is 1. The van der Waals surface area contributed by atoms with E-state index in [0.29, 0.717) is 43.9 Å². The van der Waals surface area contributed by atoms with Gasteiger partial charge in [0.2, 0.25) is 10.0 Å². The van der Waals surface area contributed by atoms with Crippen molar-refractivity contribution in [1.82, 2.24) is 9.88 Å². The van der Waals surface area contributed by atoms with E-state index in [0.717, 1.165) is 30.4 Å². The molecule has 10 nitrogen and oxygen atoms in total. The zero-order valence-corrected chi connectivity index (χ0v) is 25.2. The van der Waals surface area contributed by atoms with Gasteiger partial charge in [0, 0.05) is 40.5 Å². The van der Waals surface area contributed by atoms with Crippen molar-refractivity contribution in [2.24, 2.45) is 0 Å². The smallest absolute Gasteiger partial charge is 0.264 e. The van der Waals surface area contributed by atoms with Crippen molar-refractivity contribution in [3.63, 3.8) is 0 Å². The summed E-state index contributed by atoms with van der Waals surface area (Å²) < 4.78 is 57.5. The van der Waals surface area contributed by atoms with Crippen LogP contribution >= 0.6 is 23.2 Å². The number of hydrogen-bond acceptors (Lipinski definition) is 9. The standard InChI is InChI=1S/C28H24Cl2N4O6S2/c1-41(36,37)34-28(35)16-7-8-17-14-42(38,39)24-12-18(9-10-22(24)32-23(17)11-16)31-13-19-26(33-40-27(19)15-5-6-15)25-20(29)3-2-4-21(25)30/h2-4,7-12,15,31-32H,5-6,13-14H2,1H3,(H,34,35). The van der Waals surface area contributed by atoms with Crippen LogP contribution in [0, 0.1) is 0 Å². The molecule has 1 fully saturated rings. The molecule has 0 bridgehead atoms. The number of rotatable bonds is 7. The van der Waals surface area contributed by atoms with E-state index in [1.54, 1.807) is 36.4 Å². The van der Waals surface area contributed by atoms with Crippen LogP contribution in [0.1, 0.15) is 46.0 Å². The average Bonchev–Trinajstić information content (AvgIpc) is 3.69. The first-order valence-corrected chi connectivity index (χ1v) is 17.1. The molecule has 6 rings (SSSR count). The van der Waals surface area contributed by atoms with Crippen LogP contribution in [-0.4, -0.2) is 34.2 Å². The van der Waals surface area contributed by atoms with Gasteiger partial charge in [-0.2, -0.15) is 0 Å². The van der Waals surface area contributed by atoms with Gasteiger partial charge in [0.25, 0.3) is 5.91 Å². The second kappa shape index (κ2) is 10.6. The molecule has 0 radical (unpaired) electrons. The van der Waals surface area contributed by atoms with Gasteiger partial charge >= 0.3 is 0 Å². The van der Waals surface area contributed by atoms with E-state index in [1.165, 1.54) is 18.2 Å². The lowest BCUT2D eigenvalue weighted by molar-refractivity contribution is 0.0981. The Morgan fingerprint density at radius 1 is 1.07 bits per heavy atom. The number of carbonyl (C=O) groups is 1. The maximum Gasteiger partial charge on any atom is 0.264 e. The van der Waals surface area contributed by atoms with Gasteiger partial charge < -0.3 is 15.2 Å². The lowest BCUT2D eigenvalue weighted by Crippen LogP contribution is -2.29. The lowest BCUT2D eigenvalue weighted by atomic mass is 10.0. The fourth-order valence-corrected chi connectivity index (χ4v) is 7.49. The summed E-state index contributed by atoms with van der Waals surface area (Å²) in [6, 6.07) is 14.4. The number of halogens is 2. The Bertz CT molecular complexity index is 1950. The lowest BCUT2D eigenvalue weighted by Gasteiger charge is -2.13. The highest BCUT2D eigenvalue weighted by molar-refractivity contribution is 7.91. The normalized spacial score (nSPS) is 15.6. The predicted octanol–water partition coefficient (Wildman–Crippen LogP) is 5.86. The van der Waals surface area contributed by atoms with Crippen molar-refractivity contribution in [3.8, 4) is 11.3 Å². The van der Waals surface area contributed by atoms with Crippen LogP contribution in [0.25, 0.3) is 11.3 Å². The molecule has 218 valence electrons. The molecule has 0 atom stereocenters. The predicted molar refractivity (Wildman–Crippen MR) is 161 cm³/mol. The van der Waals surface area contributed by atoms with Gasteiger partial charge in [-0.3, -0.25) is 4.79 Å². The number of aromatic nitrogens is 1. The van der Waals surface area contributed by atoms with Crippen LogP contribution in [-0.2, 0) is 32.2 Å². The average molecular weight is 648 g/mol. The van der Waals surface area contributed by atoms with Gasteiger partial charge in [0.15, 0.2) is 9.84 Å². The Kier molecular flexibility index (Phi) is 7.20. The summed E-state index contributed by atoms with van der Waals surface area (Å²) >= 11 is 12.9. The Hall–Kier alpha value is -3.58. The van der Waals surface area contributed by atoms with Gasteiger partial charge in [-0.05, 0) is 60.9 Å². The zero-order valence-electron chi connectivity index (χ0n) is 22.1. The minimum absolute atomic E-state index is 0.0698. The van der Waals surface area contributed by atoms with E-state index in [2.05, 4.69) is 15.8 Å². The third kappa shape index (κ3) is 5.71. The molecule has 3 N–H and O–H groups in total. The largest absolute Gasteiger partial charge is 0.381 e. The number of hydrogen-bond donors (Lipinski definition) is 3. The van der Waals surface area contributed by atoms with Crippen molar-refractivity contribution >= 4 is 66.0 Å². The molecule has 1 aliphatic heterocycles. The molecule has 0 saturated heterocycles. The van der Waals surface area contributed by atoms with Gasteiger partial charge in [-0.25, -0.2) is 21.6 Å². The van der Waals surface area contributed by atoms with E-state index in [1.807, 2.05) is 4.72 Å². The summed E-state index contributed by atoms with van der Waals surface area (Å²) in [7, 11) is -7.55. The van der Waals surface area contributed by atoms with E-state index >= 15 is 0 Å². The molecular formula is C28H24Cl2N4O6S2. The fourth-order valence-electron chi connectivity index (χ4n) is 4.88. The van der Waals surface area contributed by atoms with Gasteiger partial charge in [-0.1, -0.05) is 40.5 Å². The topological polar surface area (TPSA) is 147 Å². The minimum atomic E-state index is -3.79. The molecule has 0 spiro atoms. The molecule has 42 heavy (non-hydrogen) atoms. The second-order valence-corrected chi connectivity index (χ2v) is 14.8. The second-order valence-electron chi connectivity index (χ2n) is 10.3. The number of nitrogens with one attached hydrogen (secondary N) is 3. The molecule has 1 amide bonds. The summed E-state index contributed by atoms with van der Waals surface area (Å²) in [5.41, 5.74) is 3.69. The van der Waals surface area contributed by atoms with Crippen molar-refractivity contribution in [2.75, 3.05) is 16.9 Å². The van der Waals surface area contributed by atoms with E-state index in [-0.39, 0.29) is 28.7 Å². The minimum Gasteiger partial charge on any atom is -0.381 e. The third-order valence-corrected chi connectivity index (χ3v) is 9.90. The Morgan fingerprint density at radius 3 is 2.50 bits per heavy atom. The first-order chi connectivity index (χ1) is 19.9. The van der Waals surface area contributed by atoms with Crippen molar-refractivity contribution in [2.45, 2.75) is 36.0 Å². The number of benzene rings is 3. The number of amides is 1.